The van der Waals surface area contributed by atoms with E-state index in [2.05, 4.69) is 6.07 Å². The third-order valence-electron chi connectivity index (χ3n) is 2.40. The average molecular weight is 218 g/mol. The van der Waals surface area contributed by atoms with Gasteiger partial charge in [-0.15, -0.1) is 0 Å². The largest absolute Gasteiger partial charge is 0.480 e. The van der Waals surface area contributed by atoms with Crippen LogP contribution in [0.4, 0.5) is 5.69 Å². The molecule has 0 amide bonds. The van der Waals surface area contributed by atoms with Gasteiger partial charge in [0.15, 0.2) is 0 Å². The number of carbonyl (C=O) groups is 1. The minimum absolute atomic E-state index is 0.0260. The molecule has 1 aromatic carbocycles. The summed E-state index contributed by atoms with van der Waals surface area (Å²) in [4.78, 5) is 12.4. The predicted molar refractivity (Wildman–Crippen MR) is 61.4 cm³/mol. The predicted octanol–water partition coefficient (Wildman–Crippen LogP) is 1.78. The Morgan fingerprint density at radius 1 is 1.56 bits per heavy atom. The zero-order valence-electron chi connectivity index (χ0n) is 9.40. The maximum Gasteiger partial charge on any atom is 0.323 e. The van der Waals surface area contributed by atoms with E-state index in [9.17, 15) is 4.79 Å². The summed E-state index contributed by atoms with van der Waals surface area (Å²) in [7, 11) is 0. The monoisotopic (exact) mass is 218 g/mol. The first-order valence-corrected chi connectivity index (χ1v) is 5.06. The van der Waals surface area contributed by atoms with E-state index < -0.39 is 5.97 Å². The minimum Gasteiger partial charge on any atom is -0.480 e. The van der Waals surface area contributed by atoms with Crippen LogP contribution in [-0.2, 0) is 4.79 Å². The highest BCUT2D eigenvalue weighted by atomic mass is 16.4. The van der Waals surface area contributed by atoms with Gasteiger partial charge in [-0.25, -0.2) is 0 Å². The van der Waals surface area contributed by atoms with Gasteiger partial charge in [-0.3, -0.25) is 4.79 Å². The Labute approximate surface area is 94.7 Å². The smallest absolute Gasteiger partial charge is 0.323 e. The van der Waals surface area contributed by atoms with Gasteiger partial charge in [-0.1, -0.05) is 0 Å². The van der Waals surface area contributed by atoms with Crippen molar-refractivity contribution in [2.24, 2.45) is 0 Å². The lowest BCUT2D eigenvalue weighted by Crippen LogP contribution is -2.29. The first-order valence-electron chi connectivity index (χ1n) is 5.06. The van der Waals surface area contributed by atoms with E-state index in [4.69, 9.17) is 10.4 Å². The molecular weight excluding hydrogens is 204 g/mol. The van der Waals surface area contributed by atoms with Crippen molar-refractivity contribution < 1.29 is 9.90 Å². The van der Waals surface area contributed by atoms with E-state index in [1.807, 2.05) is 19.9 Å². The Morgan fingerprint density at radius 3 is 2.69 bits per heavy atom. The molecule has 16 heavy (non-hydrogen) atoms. The number of benzene rings is 1. The van der Waals surface area contributed by atoms with E-state index in [0.29, 0.717) is 12.1 Å². The first-order chi connectivity index (χ1) is 7.58. The van der Waals surface area contributed by atoms with E-state index in [1.165, 1.54) is 0 Å². The lowest BCUT2D eigenvalue weighted by molar-refractivity contribution is -0.135. The lowest BCUT2D eigenvalue weighted by Gasteiger charge is -2.21. The van der Waals surface area contributed by atoms with E-state index in [-0.39, 0.29) is 6.54 Å². The highest BCUT2D eigenvalue weighted by Gasteiger charge is 2.09. The maximum absolute atomic E-state index is 10.7. The fourth-order valence-electron chi connectivity index (χ4n) is 1.52. The number of carboxylic acid groups (broad SMARTS) is 1. The van der Waals surface area contributed by atoms with Gasteiger partial charge >= 0.3 is 5.97 Å². The molecule has 0 atom stereocenters. The number of anilines is 1. The molecule has 84 valence electrons. The molecule has 4 nitrogen and oxygen atoms in total. The number of aliphatic carboxylic acids is 1. The average Bonchev–Trinajstić information content (AvgIpc) is 2.25. The van der Waals surface area contributed by atoms with E-state index in [1.54, 1.807) is 17.0 Å². The Balaban J connectivity index is 2.99. The van der Waals surface area contributed by atoms with Crippen molar-refractivity contribution in [2.75, 3.05) is 18.0 Å². The number of carboxylic acids is 1. The molecule has 0 aliphatic rings. The number of hydrogen-bond acceptors (Lipinski definition) is 3. The molecule has 0 bridgehead atoms. The summed E-state index contributed by atoms with van der Waals surface area (Å²) in [6.07, 6.45) is 0. The van der Waals surface area contributed by atoms with Crippen molar-refractivity contribution in [3.05, 3.63) is 29.3 Å². The van der Waals surface area contributed by atoms with Crippen molar-refractivity contribution in [3.63, 3.8) is 0 Å². The quantitative estimate of drug-likeness (QED) is 0.836. The van der Waals surface area contributed by atoms with Crippen molar-refractivity contribution >= 4 is 11.7 Å². The van der Waals surface area contributed by atoms with Gasteiger partial charge in [0, 0.05) is 12.2 Å². The Hall–Kier alpha value is -2.02. The molecule has 1 N–H and O–H groups in total. The van der Waals surface area contributed by atoms with Crippen LogP contribution in [0.5, 0.6) is 0 Å². The van der Waals surface area contributed by atoms with Gasteiger partial charge < -0.3 is 10.0 Å². The van der Waals surface area contributed by atoms with E-state index in [0.717, 1.165) is 11.3 Å². The number of aryl methyl sites for hydroxylation is 1. The molecule has 0 saturated carbocycles. The summed E-state index contributed by atoms with van der Waals surface area (Å²) in [6, 6.07) is 7.42. The molecule has 0 aliphatic heterocycles. The summed E-state index contributed by atoms with van der Waals surface area (Å²) in [6.45, 7) is 4.34. The third kappa shape index (κ3) is 2.74. The van der Waals surface area contributed by atoms with Crippen LogP contribution in [0.25, 0.3) is 0 Å². The number of nitrogens with zero attached hydrogens (tertiary/aromatic N) is 2. The maximum atomic E-state index is 10.7. The topological polar surface area (TPSA) is 64.3 Å². The minimum atomic E-state index is -0.858. The van der Waals surface area contributed by atoms with Crippen LogP contribution in [0, 0.1) is 18.3 Å². The molecule has 1 aromatic rings. The SMILES string of the molecule is CCN(CC(=O)O)c1ccc(C#N)c(C)c1. The molecule has 0 spiro atoms. The van der Waals surface area contributed by atoms with Crippen molar-refractivity contribution in [3.8, 4) is 6.07 Å². The molecule has 4 heteroatoms. The first kappa shape index (κ1) is 12.1. The molecule has 0 radical (unpaired) electrons. The van der Waals surface area contributed by atoms with Gasteiger partial charge in [0.05, 0.1) is 11.6 Å². The molecule has 0 aromatic heterocycles. The second kappa shape index (κ2) is 5.17. The molecule has 1 rings (SSSR count). The van der Waals surface area contributed by atoms with Crippen molar-refractivity contribution in [1.82, 2.24) is 0 Å². The van der Waals surface area contributed by atoms with Gasteiger partial charge in [0.2, 0.25) is 0 Å². The summed E-state index contributed by atoms with van der Waals surface area (Å²) < 4.78 is 0. The highest BCUT2D eigenvalue weighted by Crippen LogP contribution is 2.18. The van der Waals surface area contributed by atoms with Crippen molar-refractivity contribution in [2.45, 2.75) is 13.8 Å². The zero-order chi connectivity index (χ0) is 12.1. The lowest BCUT2D eigenvalue weighted by atomic mass is 10.1. The van der Waals surface area contributed by atoms with Gasteiger partial charge in [-0.2, -0.15) is 5.26 Å². The molecule has 0 unspecified atom stereocenters. The van der Waals surface area contributed by atoms with E-state index >= 15 is 0 Å². The summed E-state index contributed by atoms with van der Waals surface area (Å²) in [5.41, 5.74) is 2.32. The van der Waals surface area contributed by atoms with Crippen LogP contribution in [0.15, 0.2) is 18.2 Å². The van der Waals surface area contributed by atoms with Crippen LogP contribution in [0.2, 0.25) is 0 Å². The molecule has 0 fully saturated rings. The van der Waals surface area contributed by atoms with Crippen molar-refractivity contribution in [1.29, 1.82) is 5.26 Å². The van der Waals surface area contributed by atoms with Crippen LogP contribution in [0.1, 0.15) is 18.1 Å². The molecular formula is C12H14N2O2. The Morgan fingerprint density at radius 2 is 2.25 bits per heavy atom. The van der Waals surface area contributed by atoms with Gasteiger partial charge in [0.1, 0.15) is 6.54 Å². The van der Waals surface area contributed by atoms with Crippen LogP contribution in [0.3, 0.4) is 0 Å². The standard InChI is InChI=1S/C12H14N2O2/c1-3-14(8-12(15)16)11-5-4-10(7-13)9(2)6-11/h4-6H,3,8H2,1-2H3,(H,15,16). The van der Waals surface area contributed by atoms with Gasteiger partial charge in [0.25, 0.3) is 0 Å². The van der Waals surface area contributed by atoms with Crippen LogP contribution < -0.4 is 4.90 Å². The number of rotatable bonds is 4. The summed E-state index contributed by atoms with van der Waals surface area (Å²) in [5, 5.41) is 17.5. The number of nitriles is 1. The summed E-state index contributed by atoms with van der Waals surface area (Å²) in [5.74, 6) is -0.858. The summed E-state index contributed by atoms with van der Waals surface area (Å²) >= 11 is 0. The van der Waals surface area contributed by atoms with Crippen LogP contribution in [-0.4, -0.2) is 24.2 Å². The Bertz CT molecular complexity index is 435. The van der Waals surface area contributed by atoms with Gasteiger partial charge in [-0.05, 0) is 37.6 Å². The number of hydrogen-bond donors (Lipinski definition) is 1. The zero-order valence-corrected chi connectivity index (χ0v) is 9.40. The second-order valence-electron chi connectivity index (χ2n) is 3.52. The molecule has 0 aliphatic carbocycles. The normalized spacial score (nSPS) is 9.56. The molecule has 0 heterocycles. The highest BCUT2D eigenvalue weighted by molar-refractivity contribution is 5.74. The fraction of sp³-hybridized carbons (Fsp3) is 0.333. The second-order valence-corrected chi connectivity index (χ2v) is 3.52. The fourth-order valence-corrected chi connectivity index (χ4v) is 1.52. The third-order valence-corrected chi connectivity index (χ3v) is 2.40. The number of likely N-dealkylation sites (N-methyl/N-ethyl adjacent to an activating group) is 1. The Kier molecular flexibility index (Phi) is 3.90. The van der Waals surface area contributed by atoms with Crippen LogP contribution >= 0.6 is 0 Å². The molecule has 0 saturated heterocycles.